The van der Waals surface area contributed by atoms with Gasteiger partial charge in [0.05, 0.1) is 19.3 Å². The molecule has 4 N–H and O–H groups in total. The Morgan fingerprint density at radius 1 is 1.31 bits per heavy atom. The Labute approximate surface area is 220 Å². The molecule has 1 aromatic rings. The van der Waals surface area contributed by atoms with Crippen LogP contribution in [0.5, 0.6) is 0 Å². The van der Waals surface area contributed by atoms with Gasteiger partial charge >= 0.3 is 5.97 Å². The largest absolute Gasteiger partial charge is 0.458 e. The number of hydrogen-bond acceptors (Lipinski definition) is 10. The lowest BCUT2D eigenvalue weighted by molar-refractivity contribution is -0.201. The van der Waals surface area contributed by atoms with Crippen LogP contribution in [0.25, 0.3) is 0 Å². The Balaban J connectivity index is 1.50. The molecule has 0 unspecified atom stereocenters. The quantitative estimate of drug-likeness (QED) is 0.207. The molecular formula is C23H28IN3O9. The van der Waals surface area contributed by atoms with Crippen LogP contribution in [0, 0.1) is 8.99 Å². The van der Waals surface area contributed by atoms with E-state index in [0.717, 1.165) is 9.13 Å². The minimum Gasteiger partial charge on any atom is -0.458 e. The van der Waals surface area contributed by atoms with Gasteiger partial charge < -0.3 is 35.1 Å². The number of nitrogens with zero attached hydrogens (tertiary/aromatic N) is 1. The Morgan fingerprint density at radius 2 is 2.08 bits per heavy atom. The summed E-state index contributed by atoms with van der Waals surface area (Å²) >= 11 is 2.19. The van der Waals surface area contributed by atoms with Crippen LogP contribution >= 0.6 is 22.6 Å². The van der Waals surface area contributed by atoms with E-state index in [-0.39, 0.29) is 32.9 Å². The van der Waals surface area contributed by atoms with Gasteiger partial charge in [0.2, 0.25) is 11.8 Å². The molecule has 13 heteroatoms. The zero-order valence-electron chi connectivity index (χ0n) is 19.5. The monoisotopic (exact) mass is 617 g/mol. The van der Waals surface area contributed by atoms with Crippen molar-refractivity contribution in [1.82, 2.24) is 15.7 Å². The zero-order valence-corrected chi connectivity index (χ0v) is 21.6. The lowest BCUT2D eigenvalue weighted by atomic mass is 9.62. The molecule has 196 valence electrons. The molecule has 3 saturated heterocycles. The second kappa shape index (κ2) is 10.1. The van der Waals surface area contributed by atoms with E-state index in [0.29, 0.717) is 0 Å². The Kier molecular flexibility index (Phi) is 7.24. The number of carbonyl (C=O) groups excluding carboxylic acids is 3. The molecule has 4 fully saturated rings. The minimum atomic E-state index is -1.44. The number of carbonyl (C=O) groups is 3. The number of benzene rings is 1. The third-order valence-corrected chi connectivity index (χ3v) is 7.86. The van der Waals surface area contributed by atoms with Crippen molar-refractivity contribution >= 4 is 40.4 Å². The third-order valence-electron chi connectivity index (χ3n) is 7.18. The van der Waals surface area contributed by atoms with Gasteiger partial charge in [-0.25, -0.2) is 0 Å². The summed E-state index contributed by atoms with van der Waals surface area (Å²) in [7, 11) is 0. The fraction of sp³-hybridized carbons (Fsp3) is 0.609. The molecule has 36 heavy (non-hydrogen) atoms. The highest BCUT2D eigenvalue weighted by atomic mass is 127. The fourth-order valence-electron chi connectivity index (χ4n) is 5.62. The smallest absolute Gasteiger partial charge is 0.327 e. The van der Waals surface area contributed by atoms with Crippen LogP contribution < -0.4 is 10.6 Å². The van der Waals surface area contributed by atoms with Crippen molar-refractivity contribution in [1.29, 1.82) is 0 Å². The number of nitrogens with one attached hydrogen (secondary N) is 2. The van der Waals surface area contributed by atoms with Crippen LogP contribution in [0.15, 0.2) is 24.3 Å². The van der Waals surface area contributed by atoms with Gasteiger partial charge in [0, 0.05) is 16.5 Å². The molecule has 0 radical (unpaired) electrons. The lowest BCUT2D eigenvalue weighted by Gasteiger charge is -2.49. The van der Waals surface area contributed by atoms with E-state index in [1.165, 1.54) is 12.0 Å². The van der Waals surface area contributed by atoms with Crippen LogP contribution in [-0.4, -0.2) is 95.6 Å². The van der Waals surface area contributed by atoms with Gasteiger partial charge in [-0.15, -0.1) is 0 Å². The molecule has 5 rings (SSSR count). The molecule has 3 heterocycles. The number of hydroxylamine groups is 2. The molecule has 3 aliphatic heterocycles. The second-order valence-corrected chi connectivity index (χ2v) is 10.7. The number of aliphatic hydroxyl groups is 2. The third kappa shape index (κ3) is 4.29. The summed E-state index contributed by atoms with van der Waals surface area (Å²) < 4.78 is 18.2. The van der Waals surface area contributed by atoms with E-state index in [4.69, 9.17) is 24.2 Å². The van der Waals surface area contributed by atoms with Gasteiger partial charge in [-0.05, 0) is 47.2 Å². The summed E-state index contributed by atoms with van der Waals surface area (Å²) in [5.41, 5.74) is -0.572. The normalized spacial score (nSPS) is 34.4. The van der Waals surface area contributed by atoms with Crippen molar-refractivity contribution in [3.63, 3.8) is 0 Å². The predicted molar refractivity (Wildman–Crippen MR) is 129 cm³/mol. The van der Waals surface area contributed by atoms with Crippen molar-refractivity contribution in [3.8, 4) is 0 Å². The number of rotatable bonds is 8. The maximum absolute atomic E-state index is 14.0. The maximum atomic E-state index is 14.0. The van der Waals surface area contributed by atoms with E-state index in [1.54, 1.807) is 0 Å². The van der Waals surface area contributed by atoms with E-state index < -0.39 is 65.8 Å². The number of esters is 1. The standard InChI is InChI=1S/C23H28IN3O9/c1-11(29)15(20(30)25-5-6-28)26-22(32)23-8-14-16-17(34-10-33-16)19(23)36-27(18(23)21(31)35-14)9-12-3-2-4-13(24)7-12/h2-4,7,11,14-19,28-29H,5-6,8-10H2,1H3,(H,25,30)(H,26,32)/t11-,14+,15+,16-,17-,18-,19+,23-/m0/s1. The first-order valence-electron chi connectivity index (χ1n) is 11.8. The van der Waals surface area contributed by atoms with Crippen molar-refractivity contribution in [2.24, 2.45) is 5.41 Å². The molecule has 8 atom stereocenters. The molecule has 1 aliphatic carbocycles. The van der Waals surface area contributed by atoms with Gasteiger partial charge in [-0.3, -0.25) is 19.2 Å². The first-order chi connectivity index (χ1) is 17.3. The highest BCUT2D eigenvalue weighted by molar-refractivity contribution is 14.1. The molecule has 1 aromatic carbocycles. The Hall–Kier alpha value is -1.88. The first-order valence-corrected chi connectivity index (χ1v) is 12.8. The average molecular weight is 617 g/mol. The van der Waals surface area contributed by atoms with Crippen LogP contribution in [0.2, 0.25) is 0 Å². The van der Waals surface area contributed by atoms with Gasteiger partial charge in [0.1, 0.15) is 42.7 Å². The SMILES string of the molecule is C[C@H](O)[C@@H](NC(=O)[C@@]12C[C@H]3OC(=O)[C@@H]1N(Cc1cccc(I)c1)O[C@@H]2[C@H]1OCO[C@H]13)C(=O)NCCO. The number of halogens is 1. The molecule has 2 bridgehead atoms. The van der Waals surface area contributed by atoms with Gasteiger partial charge in [-0.1, -0.05) is 12.1 Å². The number of ether oxygens (including phenoxy) is 3. The molecule has 12 nitrogen and oxygen atoms in total. The predicted octanol–water partition coefficient (Wildman–Crippen LogP) is -1.19. The lowest BCUT2D eigenvalue weighted by Crippen LogP contribution is -2.71. The highest BCUT2D eigenvalue weighted by Gasteiger charge is 2.74. The maximum Gasteiger partial charge on any atom is 0.327 e. The molecule has 4 aliphatic rings. The fourth-order valence-corrected chi connectivity index (χ4v) is 6.23. The summed E-state index contributed by atoms with van der Waals surface area (Å²) in [4.78, 5) is 46.3. The summed E-state index contributed by atoms with van der Waals surface area (Å²) in [5, 5.41) is 25.9. The summed E-state index contributed by atoms with van der Waals surface area (Å²) in [6.45, 7) is 1.22. The van der Waals surface area contributed by atoms with E-state index in [1.807, 2.05) is 24.3 Å². The zero-order chi connectivity index (χ0) is 25.6. The van der Waals surface area contributed by atoms with Crippen LogP contribution in [0.3, 0.4) is 0 Å². The van der Waals surface area contributed by atoms with Crippen LogP contribution in [0.1, 0.15) is 18.9 Å². The average Bonchev–Trinajstić information content (AvgIpc) is 3.45. The van der Waals surface area contributed by atoms with Crippen molar-refractivity contribution in [3.05, 3.63) is 33.4 Å². The van der Waals surface area contributed by atoms with Crippen molar-refractivity contribution in [2.45, 2.75) is 62.5 Å². The molecule has 1 saturated carbocycles. The van der Waals surface area contributed by atoms with Crippen LogP contribution in [-0.2, 0) is 40.0 Å². The van der Waals surface area contributed by atoms with Gasteiger partial charge in [0.25, 0.3) is 0 Å². The molecule has 0 aromatic heterocycles. The summed E-state index contributed by atoms with van der Waals surface area (Å²) in [6.07, 6.45) is -3.98. The minimum absolute atomic E-state index is 0.0254. The molecule has 0 spiro atoms. The van der Waals surface area contributed by atoms with Crippen molar-refractivity contribution in [2.75, 3.05) is 19.9 Å². The molecule has 2 amide bonds. The second-order valence-electron chi connectivity index (χ2n) is 9.44. The van der Waals surface area contributed by atoms with E-state index in [9.17, 15) is 19.5 Å². The van der Waals surface area contributed by atoms with Gasteiger partial charge in [-0.2, -0.15) is 5.06 Å². The van der Waals surface area contributed by atoms with Crippen molar-refractivity contribution < 1.29 is 43.6 Å². The molecular weight excluding hydrogens is 589 g/mol. The first kappa shape index (κ1) is 25.8. The van der Waals surface area contributed by atoms with E-state index in [2.05, 4.69) is 33.2 Å². The summed E-state index contributed by atoms with van der Waals surface area (Å²) in [6, 6.07) is 5.26. The Bertz CT molecular complexity index is 1040. The van der Waals surface area contributed by atoms with Gasteiger partial charge in [0.15, 0.2) is 6.04 Å². The highest BCUT2D eigenvalue weighted by Crippen LogP contribution is 2.55. The summed E-state index contributed by atoms with van der Waals surface area (Å²) in [5.74, 6) is -1.90. The number of aliphatic hydroxyl groups excluding tert-OH is 2. The van der Waals surface area contributed by atoms with E-state index >= 15 is 0 Å². The topological polar surface area (TPSA) is 156 Å². The number of amides is 2. The Morgan fingerprint density at radius 3 is 2.81 bits per heavy atom. The van der Waals surface area contributed by atoms with Crippen LogP contribution in [0.4, 0.5) is 0 Å². The number of hydrogen-bond donors (Lipinski definition) is 4. The number of fused-ring (bicyclic) bond motifs is 4.